The van der Waals surface area contributed by atoms with Gasteiger partial charge in [0.1, 0.15) is 11.3 Å². The summed E-state index contributed by atoms with van der Waals surface area (Å²) in [5.41, 5.74) is 0.311. The third kappa shape index (κ3) is 3.53. The summed E-state index contributed by atoms with van der Waals surface area (Å²) in [6, 6.07) is 11.8. The molecule has 4 rings (SSSR count). The highest BCUT2D eigenvalue weighted by Gasteiger charge is 2.28. The van der Waals surface area contributed by atoms with E-state index < -0.39 is 15.8 Å². The summed E-state index contributed by atoms with van der Waals surface area (Å²) in [7, 11) is -3.67. The first-order valence-electron chi connectivity index (χ1n) is 8.76. The zero-order chi connectivity index (χ0) is 19.7. The van der Waals surface area contributed by atoms with Gasteiger partial charge in [-0.25, -0.2) is 12.8 Å². The minimum absolute atomic E-state index is 0.0685. The highest BCUT2D eigenvalue weighted by Crippen LogP contribution is 2.18. The summed E-state index contributed by atoms with van der Waals surface area (Å²) in [5.74, 6) is -0.481. The number of hydrogen-bond acceptors (Lipinski definition) is 6. The van der Waals surface area contributed by atoms with Crippen LogP contribution in [0.25, 0.3) is 10.9 Å². The first-order chi connectivity index (χ1) is 13.4. The van der Waals surface area contributed by atoms with Crippen molar-refractivity contribution in [2.24, 2.45) is 0 Å². The second-order valence-corrected chi connectivity index (χ2v) is 8.47. The van der Waals surface area contributed by atoms with E-state index in [1.54, 1.807) is 24.3 Å². The predicted octanol–water partition coefficient (Wildman–Crippen LogP) is 0.895. The number of benzene rings is 2. The molecule has 1 aliphatic heterocycles. The van der Waals surface area contributed by atoms with Crippen molar-refractivity contribution in [2.75, 3.05) is 26.2 Å². The molecule has 10 heteroatoms. The fourth-order valence-corrected chi connectivity index (χ4v) is 4.59. The Hall–Kier alpha value is -2.69. The third-order valence-electron chi connectivity index (χ3n) is 4.75. The molecule has 0 amide bonds. The number of piperazine rings is 1. The van der Waals surface area contributed by atoms with Crippen molar-refractivity contribution in [3.05, 3.63) is 64.7 Å². The van der Waals surface area contributed by atoms with Crippen LogP contribution in [0.4, 0.5) is 4.39 Å². The number of nitrogens with zero attached hydrogens (tertiary/aromatic N) is 5. The van der Waals surface area contributed by atoms with E-state index in [-0.39, 0.29) is 30.2 Å². The molecular formula is C18H18FN5O3S. The lowest BCUT2D eigenvalue weighted by Crippen LogP contribution is -2.49. The van der Waals surface area contributed by atoms with E-state index >= 15 is 0 Å². The Bertz CT molecular complexity index is 1160. The average molecular weight is 403 g/mol. The molecule has 1 aliphatic rings. The minimum atomic E-state index is -3.67. The van der Waals surface area contributed by atoms with Crippen LogP contribution in [0.5, 0.6) is 0 Å². The molecule has 0 unspecified atom stereocenters. The van der Waals surface area contributed by atoms with Crippen molar-refractivity contribution < 1.29 is 12.8 Å². The maximum absolute atomic E-state index is 13.1. The summed E-state index contributed by atoms with van der Waals surface area (Å²) in [6.07, 6.45) is 0. The smallest absolute Gasteiger partial charge is 0.278 e. The minimum Gasteiger partial charge on any atom is -0.282 e. The molecule has 146 valence electrons. The summed E-state index contributed by atoms with van der Waals surface area (Å²) in [4.78, 5) is 14.5. The largest absolute Gasteiger partial charge is 0.282 e. The monoisotopic (exact) mass is 403 g/mol. The second kappa shape index (κ2) is 7.38. The van der Waals surface area contributed by atoms with E-state index in [2.05, 4.69) is 10.3 Å². The van der Waals surface area contributed by atoms with E-state index in [4.69, 9.17) is 0 Å². The second-order valence-electron chi connectivity index (χ2n) is 6.53. The van der Waals surface area contributed by atoms with Crippen LogP contribution in [0.3, 0.4) is 0 Å². The van der Waals surface area contributed by atoms with Gasteiger partial charge in [-0.3, -0.25) is 9.69 Å². The Labute approximate surface area is 160 Å². The molecule has 28 heavy (non-hydrogen) atoms. The Morgan fingerprint density at radius 3 is 2.36 bits per heavy atom. The van der Waals surface area contributed by atoms with Gasteiger partial charge in [0.25, 0.3) is 5.56 Å². The van der Waals surface area contributed by atoms with Crippen LogP contribution < -0.4 is 5.56 Å². The predicted molar refractivity (Wildman–Crippen MR) is 101 cm³/mol. The topological polar surface area (TPSA) is 88.4 Å². The van der Waals surface area contributed by atoms with Gasteiger partial charge in [-0.05, 0) is 36.4 Å². The summed E-state index contributed by atoms with van der Waals surface area (Å²) < 4.78 is 41.0. The van der Waals surface area contributed by atoms with Crippen LogP contribution in [-0.4, -0.2) is 58.8 Å². The molecule has 0 spiro atoms. The molecule has 8 nitrogen and oxygen atoms in total. The van der Waals surface area contributed by atoms with Crippen LogP contribution in [-0.2, 0) is 16.7 Å². The summed E-state index contributed by atoms with van der Waals surface area (Å²) >= 11 is 0. The maximum atomic E-state index is 13.1. The maximum Gasteiger partial charge on any atom is 0.278 e. The van der Waals surface area contributed by atoms with Crippen LogP contribution in [0, 0.1) is 5.82 Å². The fourth-order valence-electron chi connectivity index (χ4n) is 3.17. The van der Waals surface area contributed by atoms with Gasteiger partial charge in [-0.2, -0.15) is 8.99 Å². The number of aromatic nitrogens is 3. The lowest BCUT2D eigenvalue weighted by Gasteiger charge is -2.33. The number of sulfonamides is 1. The molecule has 0 atom stereocenters. The van der Waals surface area contributed by atoms with E-state index in [1.165, 1.54) is 21.1 Å². The SMILES string of the molecule is O=c1c2ccccc2nnn1CN1CCN(S(=O)(=O)c2ccc(F)cc2)CC1. The molecule has 3 aromatic rings. The van der Waals surface area contributed by atoms with E-state index in [0.717, 1.165) is 12.1 Å². The summed E-state index contributed by atoms with van der Waals surface area (Å²) in [5, 5.41) is 8.52. The molecule has 0 radical (unpaired) electrons. The highest BCUT2D eigenvalue weighted by molar-refractivity contribution is 7.89. The van der Waals surface area contributed by atoms with Gasteiger partial charge in [0.05, 0.1) is 17.0 Å². The van der Waals surface area contributed by atoms with E-state index in [9.17, 15) is 17.6 Å². The molecule has 0 N–H and O–H groups in total. The highest BCUT2D eigenvalue weighted by atomic mass is 32.2. The Morgan fingerprint density at radius 2 is 1.64 bits per heavy atom. The zero-order valence-electron chi connectivity index (χ0n) is 14.9. The molecule has 1 aromatic heterocycles. The first-order valence-corrected chi connectivity index (χ1v) is 10.2. The molecule has 0 bridgehead atoms. The van der Waals surface area contributed by atoms with Crippen molar-refractivity contribution in [1.29, 1.82) is 0 Å². The van der Waals surface area contributed by atoms with Crippen molar-refractivity contribution >= 4 is 20.9 Å². The Balaban J connectivity index is 1.45. The third-order valence-corrected chi connectivity index (χ3v) is 6.66. The van der Waals surface area contributed by atoms with Gasteiger partial charge >= 0.3 is 0 Å². The standard InChI is InChI=1S/C18H18FN5O3S/c19-14-5-7-15(8-6-14)28(26,27)23-11-9-22(10-12-23)13-24-18(25)16-3-1-2-4-17(16)20-21-24/h1-8H,9-13H2. The van der Waals surface area contributed by atoms with Crippen molar-refractivity contribution in [2.45, 2.75) is 11.6 Å². The number of rotatable bonds is 4. The average Bonchev–Trinajstić information content (AvgIpc) is 2.71. The number of hydrogen-bond donors (Lipinski definition) is 0. The molecule has 1 saturated heterocycles. The van der Waals surface area contributed by atoms with Crippen LogP contribution >= 0.6 is 0 Å². The summed E-state index contributed by atoms with van der Waals surface area (Å²) in [6.45, 7) is 1.68. The molecule has 0 aliphatic carbocycles. The van der Waals surface area contributed by atoms with Crippen molar-refractivity contribution in [3.63, 3.8) is 0 Å². The van der Waals surface area contributed by atoms with Gasteiger partial charge < -0.3 is 0 Å². The molecule has 2 aromatic carbocycles. The quantitative estimate of drug-likeness (QED) is 0.643. The van der Waals surface area contributed by atoms with E-state index in [1.807, 2.05) is 4.90 Å². The van der Waals surface area contributed by atoms with Crippen LogP contribution in [0.2, 0.25) is 0 Å². The van der Waals surface area contributed by atoms with Gasteiger partial charge in [0.15, 0.2) is 0 Å². The lowest BCUT2D eigenvalue weighted by atomic mass is 10.2. The lowest BCUT2D eigenvalue weighted by molar-refractivity contribution is 0.141. The normalized spacial score (nSPS) is 16.5. The van der Waals surface area contributed by atoms with Gasteiger partial charge in [-0.15, -0.1) is 5.10 Å². The molecular weight excluding hydrogens is 385 g/mol. The van der Waals surface area contributed by atoms with Gasteiger partial charge in [-0.1, -0.05) is 17.3 Å². The molecule has 0 saturated carbocycles. The van der Waals surface area contributed by atoms with Gasteiger partial charge in [0.2, 0.25) is 10.0 Å². The fraction of sp³-hybridized carbons (Fsp3) is 0.278. The van der Waals surface area contributed by atoms with E-state index in [0.29, 0.717) is 24.0 Å². The molecule has 2 heterocycles. The van der Waals surface area contributed by atoms with Gasteiger partial charge in [0, 0.05) is 26.2 Å². The Morgan fingerprint density at radius 1 is 0.964 bits per heavy atom. The number of fused-ring (bicyclic) bond motifs is 1. The van der Waals surface area contributed by atoms with Crippen molar-refractivity contribution in [1.82, 2.24) is 24.2 Å². The molecule has 1 fully saturated rings. The van der Waals surface area contributed by atoms with Crippen molar-refractivity contribution in [3.8, 4) is 0 Å². The Kier molecular flexibility index (Phi) is 4.92. The van der Waals surface area contributed by atoms with Crippen LogP contribution in [0.1, 0.15) is 0 Å². The first kappa shape index (κ1) is 18.7. The zero-order valence-corrected chi connectivity index (χ0v) is 15.7. The van der Waals surface area contributed by atoms with Crippen LogP contribution in [0.15, 0.2) is 58.2 Å². The number of halogens is 1.